The average molecular weight is 405 g/mol. The van der Waals surface area contributed by atoms with E-state index >= 15 is 0 Å². The number of piperidine rings is 1. The molecule has 8 heteroatoms. The van der Waals surface area contributed by atoms with Gasteiger partial charge in [0.05, 0.1) is 20.8 Å². The van der Waals surface area contributed by atoms with Gasteiger partial charge in [-0.05, 0) is 43.4 Å². The van der Waals surface area contributed by atoms with Crippen LogP contribution in [-0.2, 0) is 16.1 Å². The van der Waals surface area contributed by atoms with Gasteiger partial charge < -0.3 is 25.0 Å². The van der Waals surface area contributed by atoms with E-state index in [2.05, 4.69) is 15.5 Å². The van der Waals surface area contributed by atoms with Crippen molar-refractivity contribution in [1.82, 2.24) is 15.5 Å². The number of rotatable bonds is 7. The maximum absolute atomic E-state index is 12.0. The summed E-state index contributed by atoms with van der Waals surface area (Å²) in [5, 5.41) is 6.04. The largest absolute Gasteiger partial charge is 0.496 e. The van der Waals surface area contributed by atoms with Crippen molar-refractivity contribution in [2.24, 2.45) is 10.9 Å². The minimum atomic E-state index is -0.433. The lowest BCUT2D eigenvalue weighted by atomic mass is 9.93. The van der Waals surface area contributed by atoms with Gasteiger partial charge in [-0.1, -0.05) is 6.07 Å². The van der Waals surface area contributed by atoms with Crippen LogP contribution in [0, 0.1) is 5.92 Å². The molecule has 160 valence electrons. The Morgan fingerprint density at radius 2 is 1.97 bits per heavy atom. The zero-order chi connectivity index (χ0) is 21.2. The summed E-state index contributed by atoms with van der Waals surface area (Å²) in [7, 11) is 4.55. The third-order valence-corrected chi connectivity index (χ3v) is 5.08. The number of nitrogens with zero attached hydrogens (tertiary/aromatic N) is 2. The summed E-state index contributed by atoms with van der Waals surface area (Å²) in [5.41, 5.74) is 1.29. The van der Waals surface area contributed by atoms with E-state index in [1.165, 1.54) is 14.2 Å². The molecule has 0 bridgehead atoms. The Morgan fingerprint density at radius 3 is 2.55 bits per heavy atom. The van der Waals surface area contributed by atoms with E-state index in [9.17, 15) is 9.59 Å². The Morgan fingerprint density at radius 1 is 1.24 bits per heavy atom. The van der Waals surface area contributed by atoms with Crippen molar-refractivity contribution in [3.05, 3.63) is 29.3 Å². The van der Waals surface area contributed by atoms with Gasteiger partial charge in [-0.15, -0.1) is 0 Å². The molecule has 1 fully saturated rings. The van der Waals surface area contributed by atoms with E-state index in [-0.39, 0.29) is 5.91 Å². The summed E-state index contributed by atoms with van der Waals surface area (Å²) >= 11 is 0. The van der Waals surface area contributed by atoms with E-state index in [0.29, 0.717) is 30.2 Å². The maximum atomic E-state index is 12.0. The van der Waals surface area contributed by atoms with E-state index in [1.54, 1.807) is 19.2 Å². The molecule has 8 nitrogen and oxygen atoms in total. The highest BCUT2D eigenvalue weighted by molar-refractivity contribution is 5.92. The van der Waals surface area contributed by atoms with E-state index in [0.717, 1.165) is 44.0 Å². The first-order valence-corrected chi connectivity index (χ1v) is 10.0. The smallest absolute Gasteiger partial charge is 0.341 e. The first-order chi connectivity index (χ1) is 14.0. The second kappa shape index (κ2) is 11.3. The van der Waals surface area contributed by atoms with Crippen molar-refractivity contribution in [2.45, 2.75) is 32.7 Å². The second-order valence-corrected chi connectivity index (χ2v) is 7.00. The fourth-order valence-corrected chi connectivity index (χ4v) is 3.43. The summed E-state index contributed by atoms with van der Waals surface area (Å²) in [6.07, 6.45) is 2.51. The molecule has 1 aliphatic heterocycles. The zero-order valence-electron chi connectivity index (χ0n) is 17.8. The molecule has 1 aromatic carbocycles. The molecule has 0 aromatic heterocycles. The number of guanidine groups is 1. The third kappa shape index (κ3) is 6.37. The molecule has 1 amide bonds. The highest BCUT2D eigenvalue weighted by Gasteiger charge is 2.23. The van der Waals surface area contributed by atoms with Crippen LogP contribution in [0.1, 0.15) is 42.1 Å². The molecule has 0 atom stereocenters. The summed E-state index contributed by atoms with van der Waals surface area (Å²) in [5.74, 6) is 1.41. The van der Waals surface area contributed by atoms with Crippen LogP contribution < -0.4 is 15.4 Å². The topological polar surface area (TPSA) is 92.3 Å². The Hall–Kier alpha value is -2.77. The summed E-state index contributed by atoms with van der Waals surface area (Å²) in [4.78, 5) is 30.6. The van der Waals surface area contributed by atoms with Gasteiger partial charge in [-0.25, -0.2) is 9.79 Å². The fraction of sp³-hybridized carbons (Fsp3) is 0.571. The number of aliphatic imine (C=N–C) groups is 1. The average Bonchev–Trinajstić information content (AvgIpc) is 2.76. The standard InChI is InChI=1S/C21H32N4O4/c1-5-23-21(25-10-8-15(9-11-25)13-19(26)22-2)24-14-16-6-7-18(28-3)17(12-16)20(27)29-4/h6-7,12,15H,5,8-11,13-14H2,1-4H3,(H,22,26)(H,23,24). The van der Waals surface area contributed by atoms with Gasteiger partial charge in [0.25, 0.3) is 0 Å². The van der Waals surface area contributed by atoms with Crippen molar-refractivity contribution in [3.8, 4) is 5.75 Å². The monoisotopic (exact) mass is 404 g/mol. The predicted molar refractivity (Wildman–Crippen MR) is 112 cm³/mol. The van der Waals surface area contributed by atoms with E-state index in [1.807, 2.05) is 13.0 Å². The van der Waals surface area contributed by atoms with Crippen LogP contribution >= 0.6 is 0 Å². The van der Waals surface area contributed by atoms with Crippen molar-refractivity contribution in [1.29, 1.82) is 0 Å². The number of hydrogen-bond acceptors (Lipinski definition) is 5. The predicted octanol–water partition coefficient (Wildman–Crippen LogP) is 1.80. The summed E-state index contributed by atoms with van der Waals surface area (Å²) in [6, 6.07) is 5.41. The Bertz CT molecular complexity index is 727. The second-order valence-electron chi connectivity index (χ2n) is 7.00. The highest BCUT2D eigenvalue weighted by Crippen LogP contribution is 2.22. The van der Waals surface area contributed by atoms with E-state index < -0.39 is 5.97 Å². The first kappa shape index (κ1) is 22.5. The summed E-state index contributed by atoms with van der Waals surface area (Å²) in [6.45, 7) is 4.98. The SMILES string of the molecule is CCNC(=NCc1ccc(OC)c(C(=O)OC)c1)N1CCC(CC(=O)NC)CC1. The van der Waals surface area contributed by atoms with Gasteiger partial charge in [0.1, 0.15) is 11.3 Å². The van der Waals surface area contributed by atoms with Crippen molar-refractivity contribution >= 4 is 17.8 Å². The first-order valence-electron chi connectivity index (χ1n) is 10.0. The number of likely N-dealkylation sites (tertiary alicyclic amines) is 1. The normalized spacial score (nSPS) is 15.0. The molecule has 1 saturated heterocycles. The Labute approximate surface area is 172 Å². The van der Waals surface area contributed by atoms with Crippen molar-refractivity contribution in [3.63, 3.8) is 0 Å². The fourth-order valence-electron chi connectivity index (χ4n) is 3.43. The van der Waals surface area contributed by atoms with Gasteiger partial charge in [-0.2, -0.15) is 0 Å². The van der Waals surface area contributed by atoms with Crippen molar-refractivity contribution in [2.75, 3.05) is 40.9 Å². The summed E-state index contributed by atoms with van der Waals surface area (Å²) < 4.78 is 10.1. The van der Waals surface area contributed by atoms with Crippen LogP contribution in [0.3, 0.4) is 0 Å². The number of nitrogens with one attached hydrogen (secondary N) is 2. The molecule has 1 aliphatic rings. The molecule has 29 heavy (non-hydrogen) atoms. The Balaban J connectivity index is 2.06. The maximum Gasteiger partial charge on any atom is 0.341 e. The molecule has 1 heterocycles. The van der Waals surface area contributed by atoms with Gasteiger partial charge in [0.15, 0.2) is 5.96 Å². The number of methoxy groups -OCH3 is 2. The lowest BCUT2D eigenvalue weighted by Gasteiger charge is -2.34. The highest BCUT2D eigenvalue weighted by atomic mass is 16.5. The van der Waals surface area contributed by atoms with Gasteiger partial charge in [0.2, 0.25) is 5.91 Å². The van der Waals surface area contributed by atoms with Crippen LogP contribution in [-0.4, -0.2) is 63.6 Å². The number of esters is 1. The van der Waals surface area contributed by atoms with Crippen LogP contribution in [0.5, 0.6) is 5.75 Å². The quantitative estimate of drug-likeness (QED) is 0.409. The minimum Gasteiger partial charge on any atom is -0.496 e. The molecule has 1 aromatic rings. The molecule has 2 rings (SSSR count). The molecule has 0 saturated carbocycles. The number of carbonyl (C=O) groups is 2. The Kier molecular flexibility index (Phi) is 8.76. The van der Waals surface area contributed by atoms with Crippen LogP contribution in [0.4, 0.5) is 0 Å². The number of amides is 1. The number of benzene rings is 1. The molecule has 0 aliphatic carbocycles. The van der Waals surface area contributed by atoms with Crippen LogP contribution in [0.2, 0.25) is 0 Å². The van der Waals surface area contributed by atoms with Gasteiger partial charge in [-0.3, -0.25) is 4.79 Å². The van der Waals surface area contributed by atoms with Crippen molar-refractivity contribution < 1.29 is 19.1 Å². The number of hydrogen-bond donors (Lipinski definition) is 2. The van der Waals surface area contributed by atoms with Crippen LogP contribution in [0.15, 0.2) is 23.2 Å². The molecule has 0 unspecified atom stereocenters. The molecular weight excluding hydrogens is 372 g/mol. The minimum absolute atomic E-state index is 0.102. The van der Waals surface area contributed by atoms with Gasteiger partial charge >= 0.3 is 5.97 Å². The number of ether oxygens (including phenoxy) is 2. The van der Waals surface area contributed by atoms with E-state index in [4.69, 9.17) is 14.5 Å². The lowest BCUT2D eigenvalue weighted by molar-refractivity contribution is -0.121. The number of carbonyl (C=O) groups excluding carboxylic acids is 2. The van der Waals surface area contributed by atoms with Gasteiger partial charge in [0, 0.05) is 33.1 Å². The molecule has 0 radical (unpaired) electrons. The lowest BCUT2D eigenvalue weighted by Crippen LogP contribution is -2.46. The molecular formula is C21H32N4O4. The van der Waals surface area contributed by atoms with Crippen LogP contribution in [0.25, 0.3) is 0 Å². The zero-order valence-corrected chi connectivity index (χ0v) is 17.8. The third-order valence-electron chi connectivity index (χ3n) is 5.08. The molecule has 0 spiro atoms. The molecule has 2 N–H and O–H groups in total.